The third-order valence-corrected chi connectivity index (χ3v) is 2.99. The van der Waals surface area contributed by atoms with Crippen molar-refractivity contribution in [2.24, 2.45) is 0 Å². The first-order valence-corrected chi connectivity index (χ1v) is 6.71. The molecule has 0 aliphatic carbocycles. The second-order valence-electron chi connectivity index (χ2n) is 3.28. The molecule has 0 unspecified atom stereocenters. The highest BCUT2D eigenvalue weighted by Gasteiger charge is 2.16. The van der Waals surface area contributed by atoms with Gasteiger partial charge in [-0.05, 0) is 6.92 Å². The van der Waals surface area contributed by atoms with Gasteiger partial charge < -0.3 is 4.74 Å². The number of ether oxygens (including phenoxy) is 1. The van der Waals surface area contributed by atoms with Gasteiger partial charge in [-0.2, -0.15) is 0 Å². The molecule has 0 saturated carbocycles. The molecule has 94 valence electrons. The highest BCUT2D eigenvalue weighted by atomic mass is 35.5. The van der Waals surface area contributed by atoms with Crippen LogP contribution in [0.15, 0.2) is 17.1 Å². The Balaban J connectivity index is 2.37. The summed E-state index contributed by atoms with van der Waals surface area (Å²) in [4.78, 5) is 24.1. The number of thiazole rings is 1. The van der Waals surface area contributed by atoms with Crippen molar-refractivity contribution in [1.82, 2.24) is 15.0 Å². The minimum Gasteiger partial charge on any atom is -0.462 e. The number of hydrogen-bond acceptors (Lipinski definition) is 6. The summed E-state index contributed by atoms with van der Waals surface area (Å²) in [6.45, 7) is 2.04. The lowest BCUT2D eigenvalue weighted by Crippen LogP contribution is -2.10. The van der Waals surface area contributed by atoms with E-state index in [9.17, 15) is 4.79 Å². The molecule has 7 heteroatoms. The van der Waals surface area contributed by atoms with Gasteiger partial charge in [0, 0.05) is 11.6 Å². The van der Waals surface area contributed by atoms with Crippen LogP contribution in [0.5, 0.6) is 0 Å². The van der Waals surface area contributed by atoms with Crippen molar-refractivity contribution in [3.05, 3.63) is 28.3 Å². The number of esters is 1. The monoisotopic (exact) mass is 283 g/mol. The Labute approximate surface area is 113 Å². The Morgan fingerprint density at radius 3 is 2.94 bits per heavy atom. The number of halogens is 1. The molecule has 0 fully saturated rings. The van der Waals surface area contributed by atoms with Crippen LogP contribution in [0, 0.1) is 0 Å². The van der Waals surface area contributed by atoms with E-state index in [-0.39, 0.29) is 5.88 Å². The van der Waals surface area contributed by atoms with Crippen molar-refractivity contribution in [2.45, 2.75) is 12.8 Å². The van der Waals surface area contributed by atoms with Crippen LogP contribution in [-0.4, -0.2) is 27.5 Å². The minimum absolute atomic E-state index is 0.119. The van der Waals surface area contributed by atoms with Gasteiger partial charge in [0.25, 0.3) is 0 Å². The molecule has 0 aliphatic heterocycles. The van der Waals surface area contributed by atoms with Crippen molar-refractivity contribution >= 4 is 28.9 Å². The molecular formula is C11H10ClN3O2S. The average molecular weight is 284 g/mol. The smallest absolute Gasteiger partial charge is 0.341 e. The predicted molar refractivity (Wildman–Crippen MR) is 68.7 cm³/mol. The first-order valence-electron chi connectivity index (χ1n) is 5.23. The van der Waals surface area contributed by atoms with Gasteiger partial charge in [-0.3, -0.25) is 0 Å². The zero-order valence-corrected chi connectivity index (χ0v) is 11.2. The van der Waals surface area contributed by atoms with Gasteiger partial charge in [0.1, 0.15) is 11.3 Å². The second kappa shape index (κ2) is 5.88. The highest BCUT2D eigenvalue weighted by Crippen LogP contribution is 2.18. The Morgan fingerprint density at radius 1 is 1.50 bits per heavy atom. The van der Waals surface area contributed by atoms with Crippen molar-refractivity contribution in [3.8, 4) is 11.5 Å². The molecule has 0 spiro atoms. The molecule has 0 saturated heterocycles. The third kappa shape index (κ3) is 2.65. The molecule has 0 aliphatic rings. The summed E-state index contributed by atoms with van der Waals surface area (Å²) in [5.41, 5.74) is 3.11. The fraction of sp³-hybridized carbons (Fsp3) is 0.273. The van der Waals surface area contributed by atoms with Crippen molar-refractivity contribution in [1.29, 1.82) is 0 Å². The summed E-state index contributed by atoms with van der Waals surface area (Å²) in [5, 5.41) is 1.83. The molecule has 2 aromatic heterocycles. The van der Waals surface area contributed by atoms with Crippen LogP contribution in [0.25, 0.3) is 11.5 Å². The van der Waals surface area contributed by atoms with Crippen LogP contribution in [0.3, 0.4) is 0 Å². The number of nitrogens with zero attached hydrogens (tertiary/aromatic N) is 3. The maximum Gasteiger partial charge on any atom is 0.341 e. The van der Waals surface area contributed by atoms with E-state index in [4.69, 9.17) is 16.3 Å². The first-order chi connectivity index (χ1) is 8.76. The Hall–Kier alpha value is -1.53. The predicted octanol–water partition coefficient (Wildman–Crippen LogP) is 2.52. The fourth-order valence-electron chi connectivity index (χ4n) is 1.34. The maximum atomic E-state index is 11.6. The maximum absolute atomic E-state index is 11.6. The average Bonchev–Trinajstić information content (AvgIpc) is 2.92. The van der Waals surface area contributed by atoms with Gasteiger partial charge in [0.05, 0.1) is 23.7 Å². The van der Waals surface area contributed by atoms with Crippen LogP contribution in [0.1, 0.15) is 23.0 Å². The van der Waals surface area contributed by atoms with Gasteiger partial charge in [0.15, 0.2) is 5.82 Å². The zero-order valence-electron chi connectivity index (χ0n) is 9.59. The first kappa shape index (κ1) is 12.9. The van der Waals surface area contributed by atoms with E-state index in [0.717, 1.165) is 0 Å². The van der Waals surface area contributed by atoms with Gasteiger partial charge >= 0.3 is 5.97 Å². The van der Waals surface area contributed by atoms with Crippen molar-refractivity contribution in [2.75, 3.05) is 6.61 Å². The highest BCUT2D eigenvalue weighted by molar-refractivity contribution is 7.07. The fourth-order valence-corrected chi connectivity index (χ4v) is 2.08. The van der Waals surface area contributed by atoms with Gasteiger partial charge in [0.2, 0.25) is 0 Å². The molecule has 5 nitrogen and oxygen atoms in total. The number of alkyl halides is 1. The standard InChI is InChI=1S/C11H10ClN3O2S/c1-2-17-11(16)7-4-13-10(15-8(7)3-12)9-5-18-6-14-9/h4-6H,2-3H2,1H3. The van der Waals surface area contributed by atoms with Crippen molar-refractivity contribution in [3.63, 3.8) is 0 Å². The number of hydrogen-bond donors (Lipinski definition) is 0. The lowest BCUT2D eigenvalue weighted by atomic mass is 10.2. The molecular weight excluding hydrogens is 274 g/mol. The topological polar surface area (TPSA) is 65.0 Å². The third-order valence-electron chi connectivity index (χ3n) is 2.15. The number of rotatable bonds is 4. The molecule has 0 N–H and O–H groups in total. The van der Waals surface area contributed by atoms with Crippen LogP contribution < -0.4 is 0 Å². The largest absolute Gasteiger partial charge is 0.462 e. The summed E-state index contributed by atoms with van der Waals surface area (Å²) in [7, 11) is 0. The van der Waals surface area contributed by atoms with E-state index < -0.39 is 5.97 Å². The number of carbonyl (C=O) groups is 1. The van der Waals surface area contributed by atoms with E-state index >= 15 is 0 Å². The quantitative estimate of drug-likeness (QED) is 0.637. The van der Waals surface area contributed by atoms with E-state index in [1.54, 1.807) is 12.4 Å². The minimum atomic E-state index is -0.460. The summed E-state index contributed by atoms with van der Waals surface area (Å²) >= 11 is 7.24. The van der Waals surface area contributed by atoms with Crippen LogP contribution in [-0.2, 0) is 10.6 Å². The molecule has 2 rings (SSSR count). The Bertz CT molecular complexity index is 545. The van der Waals surface area contributed by atoms with Gasteiger partial charge in [-0.25, -0.2) is 19.7 Å². The normalized spacial score (nSPS) is 10.3. The Morgan fingerprint density at radius 2 is 2.33 bits per heavy atom. The molecule has 0 atom stereocenters. The van der Waals surface area contributed by atoms with Gasteiger partial charge in [-0.15, -0.1) is 22.9 Å². The summed E-state index contributed by atoms with van der Waals surface area (Å²) < 4.78 is 4.91. The summed E-state index contributed by atoms with van der Waals surface area (Å²) in [6.07, 6.45) is 1.43. The number of carbonyl (C=O) groups excluding carboxylic acids is 1. The lowest BCUT2D eigenvalue weighted by molar-refractivity contribution is 0.0524. The van der Waals surface area contributed by atoms with E-state index in [0.29, 0.717) is 29.4 Å². The molecule has 0 aromatic carbocycles. The Kier molecular flexibility index (Phi) is 4.22. The molecule has 2 aromatic rings. The van der Waals surface area contributed by atoms with Crippen LogP contribution in [0.2, 0.25) is 0 Å². The molecule has 0 radical (unpaired) electrons. The molecule has 0 amide bonds. The molecule has 0 bridgehead atoms. The number of aromatic nitrogens is 3. The molecule has 18 heavy (non-hydrogen) atoms. The van der Waals surface area contributed by atoms with E-state index in [2.05, 4.69) is 15.0 Å². The van der Waals surface area contributed by atoms with Crippen molar-refractivity contribution < 1.29 is 9.53 Å². The summed E-state index contributed by atoms with van der Waals surface area (Å²) in [5.74, 6) is 0.117. The second-order valence-corrected chi connectivity index (χ2v) is 4.27. The molecule has 2 heterocycles. The van der Waals surface area contributed by atoms with E-state index in [1.807, 2.05) is 5.38 Å². The van der Waals surface area contributed by atoms with Crippen LogP contribution in [0.4, 0.5) is 0 Å². The summed E-state index contributed by atoms with van der Waals surface area (Å²) in [6, 6.07) is 0. The SMILES string of the molecule is CCOC(=O)c1cnc(-c2cscn2)nc1CCl. The van der Waals surface area contributed by atoms with Crippen LogP contribution >= 0.6 is 22.9 Å². The van der Waals surface area contributed by atoms with Gasteiger partial charge in [-0.1, -0.05) is 0 Å². The zero-order chi connectivity index (χ0) is 13.0. The van der Waals surface area contributed by atoms with E-state index in [1.165, 1.54) is 17.5 Å². The lowest BCUT2D eigenvalue weighted by Gasteiger charge is -2.06.